The molecule has 0 saturated carbocycles. The second-order valence-corrected chi connectivity index (χ2v) is 4.39. The zero-order valence-corrected chi connectivity index (χ0v) is 9.90. The quantitative estimate of drug-likeness (QED) is 0.795. The SMILES string of the molecule is CC(C)(C(=O)Nc1cccc(F)c1)C(N)=S. The van der Waals surface area contributed by atoms with Crippen molar-refractivity contribution in [2.45, 2.75) is 13.8 Å². The maximum Gasteiger partial charge on any atom is 0.236 e. The van der Waals surface area contributed by atoms with Gasteiger partial charge in [0.2, 0.25) is 5.91 Å². The molecule has 0 fully saturated rings. The molecule has 0 heterocycles. The van der Waals surface area contributed by atoms with Crippen LogP contribution in [-0.4, -0.2) is 10.9 Å². The van der Waals surface area contributed by atoms with Crippen molar-refractivity contribution in [3.63, 3.8) is 0 Å². The van der Waals surface area contributed by atoms with Gasteiger partial charge in [-0.15, -0.1) is 0 Å². The number of rotatable bonds is 3. The first-order valence-corrected chi connectivity index (χ1v) is 5.12. The van der Waals surface area contributed by atoms with Crippen LogP contribution in [-0.2, 0) is 4.79 Å². The number of carbonyl (C=O) groups excluding carboxylic acids is 1. The van der Waals surface area contributed by atoms with Gasteiger partial charge in [0.05, 0.1) is 10.4 Å². The van der Waals surface area contributed by atoms with Gasteiger partial charge in [-0.05, 0) is 32.0 Å². The average Bonchev–Trinajstić information content (AvgIpc) is 2.17. The van der Waals surface area contributed by atoms with Crippen molar-refractivity contribution < 1.29 is 9.18 Å². The van der Waals surface area contributed by atoms with Gasteiger partial charge in [0.15, 0.2) is 0 Å². The molecular weight excluding hydrogens is 227 g/mol. The molecule has 0 unspecified atom stereocenters. The summed E-state index contributed by atoms with van der Waals surface area (Å²) in [6.45, 7) is 3.23. The molecule has 1 amide bonds. The van der Waals surface area contributed by atoms with Crippen LogP contribution in [0.2, 0.25) is 0 Å². The zero-order valence-electron chi connectivity index (χ0n) is 9.08. The molecule has 0 bridgehead atoms. The van der Waals surface area contributed by atoms with E-state index in [2.05, 4.69) is 5.32 Å². The Hall–Kier alpha value is -1.49. The molecule has 3 N–H and O–H groups in total. The predicted octanol–water partition coefficient (Wildman–Crippen LogP) is 2.08. The van der Waals surface area contributed by atoms with Gasteiger partial charge < -0.3 is 11.1 Å². The number of nitrogens with one attached hydrogen (secondary N) is 1. The van der Waals surface area contributed by atoms with Crippen molar-refractivity contribution in [1.82, 2.24) is 0 Å². The van der Waals surface area contributed by atoms with Crippen molar-refractivity contribution in [1.29, 1.82) is 0 Å². The van der Waals surface area contributed by atoms with Crippen LogP contribution in [0.15, 0.2) is 24.3 Å². The highest BCUT2D eigenvalue weighted by Gasteiger charge is 2.30. The first-order valence-electron chi connectivity index (χ1n) is 4.71. The molecule has 0 aromatic heterocycles. The zero-order chi connectivity index (χ0) is 12.3. The third-order valence-electron chi connectivity index (χ3n) is 2.27. The van der Waals surface area contributed by atoms with Crippen LogP contribution < -0.4 is 11.1 Å². The van der Waals surface area contributed by atoms with Crippen LogP contribution in [0.1, 0.15) is 13.8 Å². The monoisotopic (exact) mass is 240 g/mol. The number of halogens is 1. The summed E-state index contributed by atoms with van der Waals surface area (Å²) in [5.74, 6) is -0.767. The lowest BCUT2D eigenvalue weighted by molar-refractivity contribution is -0.121. The number of hydrogen-bond acceptors (Lipinski definition) is 2. The van der Waals surface area contributed by atoms with E-state index in [1.165, 1.54) is 18.2 Å². The highest BCUT2D eigenvalue weighted by Crippen LogP contribution is 2.19. The lowest BCUT2D eigenvalue weighted by Gasteiger charge is -2.21. The molecule has 3 nitrogen and oxygen atoms in total. The summed E-state index contributed by atoms with van der Waals surface area (Å²) in [5.41, 5.74) is 4.88. The van der Waals surface area contributed by atoms with Crippen molar-refractivity contribution >= 4 is 28.8 Å². The fraction of sp³-hybridized carbons (Fsp3) is 0.273. The normalized spacial score (nSPS) is 10.9. The Balaban J connectivity index is 2.83. The van der Waals surface area contributed by atoms with Crippen molar-refractivity contribution in [3.8, 4) is 0 Å². The van der Waals surface area contributed by atoms with Crippen molar-refractivity contribution in [3.05, 3.63) is 30.1 Å². The van der Waals surface area contributed by atoms with E-state index in [-0.39, 0.29) is 10.9 Å². The Labute approximate surface area is 98.8 Å². The fourth-order valence-corrected chi connectivity index (χ4v) is 1.06. The smallest absolute Gasteiger partial charge is 0.236 e. The Morgan fingerprint density at radius 3 is 2.62 bits per heavy atom. The topological polar surface area (TPSA) is 55.1 Å². The van der Waals surface area contributed by atoms with Crippen LogP contribution in [0.4, 0.5) is 10.1 Å². The summed E-state index contributed by atoms with van der Waals surface area (Å²) in [5, 5.41) is 2.56. The lowest BCUT2D eigenvalue weighted by atomic mass is 9.92. The summed E-state index contributed by atoms with van der Waals surface area (Å²) in [7, 11) is 0. The summed E-state index contributed by atoms with van der Waals surface area (Å²) >= 11 is 4.79. The van der Waals surface area contributed by atoms with Gasteiger partial charge in [0.1, 0.15) is 5.82 Å². The minimum atomic E-state index is -0.957. The van der Waals surface area contributed by atoms with Gasteiger partial charge in [-0.1, -0.05) is 18.3 Å². The van der Waals surface area contributed by atoms with E-state index in [4.69, 9.17) is 18.0 Å². The first-order chi connectivity index (χ1) is 7.34. The maximum atomic E-state index is 12.9. The van der Waals surface area contributed by atoms with E-state index in [0.717, 1.165) is 0 Å². The van der Waals surface area contributed by atoms with E-state index in [1.54, 1.807) is 19.9 Å². The minimum Gasteiger partial charge on any atom is -0.392 e. The molecule has 0 aliphatic rings. The standard InChI is InChI=1S/C11H13FN2OS/c1-11(2,9(13)16)10(15)14-8-5-3-4-7(12)6-8/h3-6H,1-2H3,(H2,13,16)(H,14,15). The summed E-state index contributed by atoms with van der Waals surface area (Å²) in [6.07, 6.45) is 0. The highest BCUT2D eigenvalue weighted by atomic mass is 32.1. The number of carbonyl (C=O) groups is 1. The summed E-state index contributed by atoms with van der Waals surface area (Å²) in [6, 6.07) is 5.64. The molecule has 86 valence electrons. The molecule has 0 aliphatic heterocycles. The van der Waals surface area contributed by atoms with E-state index >= 15 is 0 Å². The summed E-state index contributed by atoms with van der Waals surface area (Å²) < 4.78 is 12.9. The molecule has 1 aromatic carbocycles. The molecule has 16 heavy (non-hydrogen) atoms. The molecule has 0 atom stereocenters. The number of nitrogens with two attached hydrogens (primary N) is 1. The fourth-order valence-electron chi connectivity index (χ4n) is 0.965. The number of amides is 1. The second kappa shape index (κ2) is 4.57. The maximum absolute atomic E-state index is 12.9. The Morgan fingerprint density at radius 1 is 1.50 bits per heavy atom. The minimum absolute atomic E-state index is 0.0985. The molecular formula is C11H13FN2OS. The van der Waals surface area contributed by atoms with Gasteiger partial charge in [-0.25, -0.2) is 4.39 Å². The van der Waals surface area contributed by atoms with Crippen molar-refractivity contribution in [2.24, 2.45) is 11.1 Å². The van der Waals surface area contributed by atoms with E-state index < -0.39 is 11.2 Å². The predicted molar refractivity (Wildman–Crippen MR) is 65.6 cm³/mol. The van der Waals surface area contributed by atoms with Gasteiger partial charge in [0.25, 0.3) is 0 Å². The van der Waals surface area contributed by atoms with Crippen molar-refractivity contribution in [2.75, 3.05) is 5.32 Å². The number of benzene rings is 1. The van der Waals surface area contributed by atoms with Crippen LogP contribution in [0.5, 0.6) is 0 Å². The van der Waals surface area contributed by atoms with Crippen LogP contribution in [0.3, 0.4) is 0 Å². The third-order valence-corrected chi connectivity index (χ3v) is 2.78. The third kappa shape index (κ3) is 2.76. The number of anilines is 1. The Bertz CT molecular complexity index is 432. The Morgan fingerprint density at radius 2 is 2.12 bits per heavy atom. The van der Waals surface area contributed by atoms with Gasteiger partial charge in [0, 0.05) is 5.69 Å². The molecule has 0 radical (unpaired) electrons. The van der Waals surface area contributed by atoms with Crippen LogP contribution >= 0.6 is 12.2 Å². The van der Waals surface area contributed by atoms with Gasteiger partial charge in [-0.3, -0.25) is 4.79 Å². The van der Waals surface area contributed by atoms with E-state index in [0.29, 0.717) is 5.69 Å². The average molecular weight is 240 g/mol. The molecule has 0 saturated heterocycles. The first kappa shape index (κ1) is 12.6. The lowest BCUT2D eigenvalue weighted by Crippen LogP contribution is -2.41. The second-order valence-electron chi connectivity index (χ2n) is 3.95. The Kier molecular flexibility index (Phi) is 3.59. The molecule has 1 aromatic rings. The van der Waals surface area contributed by atoms with E-state index in [1.807, 2.05) is 0 Å². The van der Waals surface area contributed by atoms with Gasteiger partial charge in [-0.2, -0.15) is 0 Å². The molecule has 0 spiro atoms. The van der Waals surface area contributed by atoms with Gasteiger partial charge >= 0.3 is 0 Å². The largest absolute Gasteiger partial charge is 0.392 e. The van der Waals surface area contributed by atoms with Crippen LogP contribution in [0, 0.1) is 11.2 Å². The number of hydrogen-bond donors (Lipinski definition) is 2. The summed E-state index contributed by atoms with van der Waals surface area (Å²) in [4.78, 5) is 11.9. The molecule has 0 aliphatic carbocycles. The van der Waals surface area contributed by atoms with E-state index in [9.17, 15) is 9.18 Å². The molecule has 5 heteroatoms. The number of thiocarbonyl (C=S) groups is 1. The van der Waals surface area contributed by atoms with Crippen LogP contribution in [0.25, 0.3) is 0 Å². The highest BCUT2D eigenvalue weighted by molar-refractivity contribution is 7.80. The molecule has 1 rings (SSSR count).